The van der Waals surface area contributed by atoms with Crippen molar-refractivity contribution in [1.82, 2.24) is 29.5 Å². The lowest BCUT2D eigenvalue weighted by Gasteiger charge is -2.39. The first-order valence-corrected chi connectivity index (χ1v) is 21.0. The zero-order valence-electron chi connectivity index (χ0n) is 28.6. The van der Waals surface area contributed by atoms with Gasteiger partial charge >= 0.3 is 11.6 Å². The maximum atomic E-state index is 14.1. The van der Waals surface area contributed by atoms with E-state index in [1.165, 1.54) is 16.7 Å². The van der Waals surface area contributed by atoms with Crippen LogP contribution in [0, 0.1) is 0 Å². The number of likely N-dealkylation sites (tertiary alicyclic amines) is 1. The first-order chi connectivity index (χ1) is 25.2. The highest BCUT2D eigenvalue weighted by molar-refractivity contribution is 7.99. The number of piperidine rings is 1. The van der Waals surface area contributed by atoms with Crippen LogP contribution < -0.4 is 10.0 Å². The standard InChI is InChI=1S/C32H41F3N8O7S3/c33-32(34,35)52(46,47)28-20-26(6-7-27(28)36-23(8-11-40-16-18-50-19-17-40)22-51-25-4-2-1-3-5-25)53(48,49)39-30-38-37-29-21-42(14-15-43(29)30)24-9-12-41(13-10-24)31(44)45/h1-7,20,23-24,36H,8-19,21-22H2,(H,38,39)(H,44,45)/t23-/m1/s1. The summed E-state index contributed by atoms with van der Waals surface area (Å²) < 4.78 is 105. The maximum absolute atomic E-state index is 14.1. The summed E-state index contributed by atoms with van der Waals surface area (Å²) in [6.07, 6.45) is 0.765. The molecule has 1 atom stereocenters. The summed E-state index contributed by atoms with van der Waals surface area (Å²) in [5.41, 5.74) is -6.07. The first-order valence-electron chi connectivity index (χ1n) is 17.1. The number of anilines is 2. The highest BCUT2D eigenvalue weighted by Gasteiger charge is 2.48. The Bertz CT molecular complexity index is 1960. The average Bonchev–Trinajstić information content (AvgIpc) is 3.54. The van der Waals surface area contributed by atoms with Gasteiger partial charge in [-0.1, -0.05) is 18.2 Å². The molecule has 0 saturated carbocycles. The Morgan fingerprint density at radius 1 is 0.981 bits per heavy atom. The molecular weight excluding hydrogens is 762 g/mol. The van der Waals surface area contributed by atoms with Crippen LogP contribution in [0.1, 0.15) is 25.1 Å². The molecule has 21 heteroatoms. The van der Waals surface area contributed by atoms with Crippen LogP contribution in [0.2, 0.25) is 0 Å². The molecule has 1 amide bonds. The molecule has 1 aromatic heterocycles. The van der Waals surface area contributed by atoms with Crippen LogP contribution in [0.5, 0.6) is 0 Å². The van der Waals surface area contributed by atoms with E-state index in [4.69, 9.17) is 4.74 Å². The molecule has 53 heavy (non-hydrogen) atoms. The van der Waals surface area contributed by atoms with E-state index in [9.17, 15) is 39.9 Å². The molecule has 0 radical (unpaired) electrons. The zero-order chi connectivity index (χ0) is 37.8. The fourth-order valence-electron chi connectivity index (χ4n) is 6.59. The first kappa shape index (κ1) is 39.1. The lowest BCUT2D eigenvalue weighted by Crippen LogP contribution is -2.48. The molecule has 0 bridgehead atoms. The Hall–Kier alpha value is -3.63. The molecule has 0 unspecified atom stereocenters. The Balaban J connectivity index is 1.21. The normalized spacial score (nSPS) is 18.7. The lowest BCUT2D eigenvalue weighted by atomic mass is 10.0. The van der Waals surface area contributed by atoms with Crippen molar-refractivity contribution < 1.29 is 44.6 Å². The number of hydrogen-bond donors (Lipinski definition) is 3. The van der Waals surface area contributed by atoms with E-state index in [2.05, 4.69) is 30.0 Å². The van der Waals surface area contributed by atoms with Gasteiger partial charge in [-0.25, -0.2) is 26.4 Å². The number of rotatable bonds is 13. The second kappa shape index (κ2) is 16.4. The van der Waals surface area contributed by atoms with Gasteiger partial charge in [-0.2, -0.15) is 13.2 Å². The van der Waals surface area contributed by atoms with Gasteiger partial charge in [-0.05, 0) is 49.6 Å². The Labute approximate surface area is 309 Å². The van der Waals surface area contributed by atoms with Crippen molar-refractivity contribution in [1.29, 1.82) is 0 Å². The second-order valence-electron chi connectivity index (χ2n) is 13.0. The summed E-state index contributed by atoms with van der Waals surface area (Å²) in [5, 5.41) is 20.4. The second-order valence-corrected chi connectivity index (χ2v) is 17.7. The van der Waals surface area contributed by atoms with Crippen LogP contribution in [0.4, 0.5) is 29.6 Å². The molecule has 0 spiro atoms. The topological polar surface area (TPSA) is 179 Å². The fraction of sp³-hybridized carbons (Fsp3) is 0.531. The molecule has 0 aliphatic carbocycles. The molecule has 2 aromatic carbocycles. The summed E-state index contributed by atoms with van der Waals surface area (Å²) >= 11 is 1.46. The number of morpholine rings is 1. The molecule has 15 nitrogen and oxygen atoms in total. The number of sulfonamides is 1. The molecular formula is C32H41F3N8O7S3. The summed E-state index contributed by atoms with van der Waals surface area (Å²) in [6, 6.07) is 11.6. The van der Waals surface area contributed by atoms with Gasteiger partial charge in [0, 0.05) is 68.5 Å². The van der Waals surface area contributed by atoms with E-state index in [1.54, 1.807) is 4.57 Å². The minimum Gasteiger partial charge on any atom is -0.465 e. The Morgan fingerprint density at radius 3 is 2.38 bits per heavy atom. The lowest BCUT2D eigenvalue weighted by molar-refractivity contribution is -0.0435. The smallest absolute Gasteiger partial charge is 0.465 e. The number of hydrogen-bond acceptors (Lipinski definition) is 12. The quantitative estimate of drug-likeness (QED) is 0.214. The highest BCUT2D eigenvalue weighted by atomic mass is 32.2. The van der Waals surface area contributed by atoms with E-state index >= 15 is 0 Å². The highest BCUT2D eigenvalue weighted by Crippen LogP contribution is 2.37. The van der Waals surface area contributed by atoms with E-state index in [0.29, 0.717) is 102 Å². The van der Waals surface area contributed by atoms with Gasteiger partial charge in [0.25, 0.3) is 19.9 Å². The van der Waals surface area contributed by atoms with Crippen molar-refractivity contribution >= 4 is 49.4 Å². The number of carboxylic acid groups (broad SMARTS) is 1. The van der Waals surface area contributed by atoms with Crippen molar-refractivity contribution in [2.75, 3.05) is 68.3 Å². The molecule has 2 saturated heterocycles. The van der Waals surface area contributed by atoms with Crippen LogP contribution in [0.25, 0.3) is 0 Å². The van der Waals surface area contributed by atoms with Crippen LogP contribution in [0.3, 0.4) is 0 Å². The number of amides is 1. The van der Waals surface area contributed by atoms with Gasteiger partial charge in [0.2, 0.25) is 5.95 Å². The van der Waals surface area contributed by atoms with E-state index < -0.39 is 47.3 Å². The summed E-state index contributed by atoms with van der Waals surface area (Å²) in [7, 11) is -10.6. The molecule has 3 aromatic rings. The number of thioether (sulfide) groups is 1. The number of halogens is 3. The van der Waals surface area contributed by atoms with Crippen molar-refractivity contribution in [3.05, 3.63) is 54.4 Å². The molecule has 3 N–H and O–H groups in total. The maximum Gasteiger partial charge on any atom is 0.501 e. The van der Waals surface area contributed by atoms with Crippen LogP contribution in [0.15, 0.2) is 63.2 Å². The molecule has 6 rings (SSSR count). The number of aromatic nitrogens is 3. The molecule has 3 aliphatic heterocycles. The number of sulfone groups is 1. The number of nitrogens with zero attached hydrogens (tertiary/aromatic N) is 6. The predicted octanol–water partition coefficient (Wildman–Crippen LogP) is 3.63. The average molecular weight is 803 g/mol. The van der Waals surface area contributed by atoms with Gasteiger partial charge in [-0.15, -0.1) is 22.0 Å². The van der Waals surface area contributed by atoms with E-state index in [0.717, 1.165) is 17.0 Å². The third-order valence-electron chi connectivity index (χ3n) is 9.57. The third-order valence-corrected chi connectivity index (χ3v) is 13.6. The SMILES string of the molecule is O=C(O)N1CCC(N2CCn3c(nnc3NS(=O)(=O)c3ccc(N[C@H](CCN4CCOCC4)CSc4ccccc4)c(S(=O)(=O)C(F)(F)F)c3)C2)CC1. The monoisotopic (exact) mass is 802 g/mol. The van der Waals surface area contributed by atoms with Crippen LogP contribution in [-0.4, -0.2) is 133 Å². The minimum absolute atomic E-state index is 0.105. The van der Waals surface area contributed by atoms with Crippen LogP contribution >= 0.6 is 11.8 Å². The largest absolute Gasteiger partial charge is 0.501 e. The number of ether oxygens (including phenoxy) is 1. The van der Waals surface area contributed by atoms with Crippen molar-refractivity contribution in [2.24, 2.45) is 0 Å². The van der Waals surface area contributed by atoms with Crippen molar-refractivity contribution in [2.45, 2.75) is 64.6 Å². The number of nitrogens with one attached hydrogen (secondary N) is 2. The number of alkyl halides is 3. The Morgan fingerprint density at radius 2 is 1.70 bits per heavy atom. The van der Waals surface area contributed by atoms with Gasteiger partial charge < -0.3 is 20.1 Å². The minimum atomic E-state index is -6.00. The Kier molecular flexibility index (Phi) is 12.1. The summed E-state index contributed by atoms with van der Waals surface area (Å²) in [6.45, 7) is 4.99. The predicted molar refractivity (Wildman–Crippen MR) is 190 cm³/mol. The summed E-state index contributed by atoms with van der Waals surface area (Å²) in [4.78, 5) is 15.9. The van der Waals surface area contributed by atoms with E-state index in [-0.39, 0.29) is 17.7 Å². The fourth-order valence-corrected chi connectivity index (χ4v) is 9.64. The molecule has 290 valence electrons. The van der Waals surface area contributed by atoms with Gasteiger partial charge in [0.1, 0.15) is 10.7 Å². The molecule has 2 fully saturated rings. The molecule has 4 heterocycles. The zero-order valence-corrected chi connectivity index (χ0v) is 31.1. The number of carbonyl (C=O) groups is 1. The van der Waals surface area contributed by atoms with Crippen molar-refractivity contribution in [3.63, 3.8) is 0 Å². The van der Waals surface area contributed by atoms with E-state index in [1.807, 2.05) is 30.3 Å². The van der Waals surface area contributed by atoms with Gasteiger partial charge in [0.15, 0.2) is 0 Å². The number of benzene rings is 2. The van der Waals surface area contributed by atoms with Crippen molar-refractivity contribution in [3.8, 4) is 0 Å². The van der Waals surface area contributed by atoms with Gasteiger partial charge in [0.05, 0.1) is 30.3 Å². The van der Waals surface area contributed by atoms with Crippen LogP contribution in [-0.2, 0) is 37.7 Å². The van der Waals surface area contributed by atoms with Gasteiger partial charge in [-0.3, -0.25) is 14.4 Å². The summed E-state index contributed by atoms with van der Waals surface area (Å²) in [5.74, 6) is 0.674. The number of fused-ring (bicyclic) bond motifs is 1. The third kappa shape index (κ3) is 9.37. The molecule has 3 aliphatic rings.